The Morgan fingerprint density at radius 1 is 1.58 bits per heavy atom. The predicted octanol–water partition coefficient (Wildman–Crippen LogP) is 2.07. The second-order valence-corrected chi connectivity index (χ2v) is 3.55. The molecule has 0 bridgehead atoms. The van der Waals surface area contributed by atoms with Crippen LogP contribution in [0.15, 0.2) is 11.6 Å². The Kier molecular flexibility index (Phi) is 2.65. The SMILES string of the molecule is CC(C)C(=O)/C(C#N)=C/C1CC1. The maximum absolute atomic E-state index is 11.3. The monoisotopic (exact) mass is 163 g/mol. The molecule has 1 aliphatic carbocycles. The number of carbonyl (C=O) groups is 1. The van der Waals surface area contributed by atoms with Crippen molar-refractivity contribution in [2.75, 3.05) is 0 Å². The van der Waals surface area contributed by atoms with Crippen molar-refractivity contribution in [3.8, 4) is 6.07 Å². The molecule has 1 saturated carbocycles. The molecule has 2 nitrogen and oxygen atoms in total. The van der Waals surface area contributed by atoms with E-state index in [1.807, 2.05) is 26.0 Å². The number of hydrogen-bond acceptors (Lipinski definition) is 2. The maximum atomic E-state index is 11.3. The smallest absolute Gasteiger partial charge is 0.175 e. The van der Waals surface area contributed by atoms with E-state index in [9.17, 15) is 4.79 Å². The van der Waals surface area contributed by atoms with Crippen LogP contribution in [0.25, 0.3) is 0 Å². The number of carbonyl (C=O) groups excluding carboxylic acids is 1. The van der Waals surface area contributed by atoms with E-state index in [-0.39, 0.29) is 11.7 Å². The van der Waals surface area contributed by atoms with E-state index >= 15 is 0 Å². The van der Waals surface area contributed by atoms with Crippen LogP contribution in [-0.4, -0.2) is 5.78 Å². The van der Waals surface area contributed by atoms with Gasteiger partial charge in [0.15, 0.2) is 5.78 Å². The van der Waals surface area contributed by atoms with Gasteiger partial charge >= 0.3 is 0 Å². The van der Waals surface area contributed by atoms with Gasteiger partial charge < -0.3 is 0 Å². The number of nitriles is 1. The third-order valence-electron chi connectivity index (χ3n) is 1.93. The number of rotatable bonds is 3. The quantitative estimate of drug-likeness (QED) is 0.472. The number of Topliss-reactive ketones (excluding diaryl/α,β-unsaturated/α-hetero) is 1. The molecule has 0 unspecified atom stereocenters. The summed E-state index contributed by atoms with van der Waals surface area (Å²) in [5.41, 5.74) is 0.354. The van der Waals surface area contributed by atoms with E-state index in [0.717, 1.165) is 12.8 Å². The molecule has 0 aliphatic heterocycles. The number of hydrogen-bond donors (Lipinski definition) is 0. The zero-order chi connectivity index (χ0) is 9.14. The molecule has 0 aromatic heterocycles. The molecule has 0 radical (unpaired) electrons. The average molecular weight is 163 g/mol. The molecular weight excluding hydrogens is 150 g/mol. The lowest BCUT2D eigenvalue weighted by atomic mass is 10.0. The summed E-state index contributed by atoms with van der Waals surface area (Å²) >= 11 is 0. The lowest BCUT2D eigenvalue weighted by Crippen LogP contribution is -2.09. The van der Waals surface area contributed by atoms with Crippen molar-refractivity contribution in [1.29, 1.82) is 5.26 Å². The predicted molar refractivity (Wildman–Crippen MR) is 46.3 cm³/mol. The average Bonchev–Trinajstić information content (AvgIpc) is 2.82. The molecule has 0 amide bonds. The molecule has 1 fully saturated rings. The standard InChI is InChI=1S/C10H13NO/c1-7(2)10(12)9(6-11)5-8-3-4-8/h5,7-8H,3-4H2,1-2H3/b9-5+. The molecule has 0 aromatic carbocycles. The lowest BCUT2D eigenvalue weighted by Gasteiger charge is -2.00. The van der Waals surface area contributed by atoms with Gasteiger partial charge in [0.2, 0.25) is 0 Å². The molecule has 2 heteroatoms. The largest absolute Gasteiger partial charge is 0.293 e. The van der Waals surface area contributed by atoms with E-state index in [4.69, 9.17) is 5.26 Å². The Morgan fingerprint density at radius 3 is 2.50 bits per heavy atom. The second kappa shape index (κ2) is 3.53. The number of nitrogens with zero attached hydrogens (tertiary/aromatic N) is 1. The number of ketones is 1. The van der Waals surface area contributed by atoms with Crippen LogP contribution in [0.2, 0.25) is 0 Å². The van der Waals surface area contributed by atoms with Crippen LogP contribution in [0.5, 0.6) is 0 Å². The zero-order valence-corrected chi connectivity index (χ0v) is 7.50. The van der Waals surface area contributed by atoms with Crippen molar-refractivity contribution in [3.05, 3.63) is 11.6 Å². The Labute approximate surface area is 72.9 Å². The summed E-state index contributed by atoms with van der Waals surface area (Å²) in [5, 5.41) is 8.68. The normalized spacial score (nSPS) is 17.7. The highest BCUT2D eigenvalue weighted by atomic mass is 16.1. The van der Waals surface area contributed by atoms with E-state index in [2.05, 4.69) is 0 Å². The maximum Gasteiger partial charge on any atom is 0.175 e. The van der Waals surface area contributed by atoms with Crippen molar-refractivity contribution in [2.45, 2.75) is 26.7 Å². The van der Waals surface area contributed by atoms with Crippen LogP contribution < -0.4 is 0 Å². The molecule has 12 heavy (non-hydrogen) atoms. The molecule has 64 valence electrons. The first kappa shape index (κ1) is 8.99. The highest BCUT2D eigenvalue weighted by molar-refractivity contribution is 6.00. The minimum atomic E-state index is -0.0605. The van der Waals surface area contributed by atoms with E-state index in [1.54, 1.807) is 0 Å². The van der Waals surface area contributed by atoms with E-state index in [1.165, 1.54) is 0 Å². The molecule has 0 spiro atoms. The summed E-state index contributed by atoms with van der Waals surface area (Å²) in [4.78, 5) is 11.3. The van der Waals surface area contributed by atoms with Gasteiger partial charge in [0.1, 0.15) is 6.07 Å². The van der Waals surface area contributed by atoms with Gasteiger partial charge in [-0.1, -0.05) is 19.9 Å². The van der Waals surface area contributed by atoms with Crippen LogP contribution in [0.1, 0.15) is 26.7 Å². The van der Waals surface area contributed by atoms with Gasteiger partial charge in [-0.3, -0.25) is 4.79 Å². The summed E-state index contributed by atoms with van der Waals surface area (Å²) in [6.45, 7) is 3.64. The minimum absolute atomic E-state index is 0.0237. The van der Waals surface area contributed by atoms with Crippen molar-refractivity contribution in [2.24, 2.45) is 11.8 Å². The molecule has 1 rings (SSSR count). The topological polar surface area (TPSA) is 40.9 Å². The molecule has 1 aliphatic rings. The zero-order valence-electron chi connectivity index (χ0n) is 7.50. The summed E-state index contributed by atoms with van der Waals surface area (Å²) in [7, 11) is 0. The van der Waals surface area contributed by atoms with E-state index < -0.39 is 0 Å². The lowest BCUT2D eigenvalue weighted by molar-refractivity contribution is -0.117. The van der Waals surface area contributed by atoms with Gasteiger partial charge in [-0.05, 0) is 18.8 Å². The Bertz CT molecular complexity index is 254. The second-order valence-electron chi connectivity index (χ2n) is 3.55. The molecule has 0 N–H and O–H groups in total. The summed E-state index contributed by atoms with van der Waals surface area (Å²) in [5.74, 6) is 0.418. The highest BCUT2D eigenvalue weighted by Gasteiger charge is 2.22. The molecule has 0 heterocycles. The minimum Gasteiger partial charge on any atom is -0.293 e. The van der Waals surface area contributed by atoms with Crippen molar-refractivity contribution in [3.63, 3.8) is 0 Å². The first-order chi connectivity index (χ1) is 5.65. The molecular formula is C10H13NO. The Morgan fingerprint density at radius 2 is 2.17 bits per heavy atom. The first-order valence-electron chi connectivity index (χ1n) is 4.31. The van der Waals surface area contributed by atoms with Gasteiger partial charge in [-0.2, -0.15) is 5.26 Å². The number of allylic oxidation sites excluding steroid dienone is 2. The first-order valence-corrected chi connectivity index (χ1v) is 4.31. The van der Waals surface area contributed by atoms with Crippen LogP contribution in [0, 0.1) is 23.2 Å². The summed E-state index contributed by atoms with van der Waals surface area (Å²) in [6, 6.07) is 1.97. The van der Waals surface area contributed by atoms with Gasteiger partial charge in [0.25, 0.3) is 0 Å². The third-order valence-corrected chi connectivity index (χ3v) is 1.93. The van der Waals surface area contributed by atoms with Crippen LogP contribution in [0.3, 0.4) is 0 Å². The fourth-order valence-electron chi connectivity index (χ4n) is 0.984. The van der Waals surface area contributed by atoms with Gasteiger partial charge in [0, 0.05) is 5.92 Å². The Hall–Kier alpha value is -1.10. The van der Waals surface area contributed by atoms with Crippen LogP contribution >= 0.6 is 0 Å². The third kappa shape index (κ3) is 2.20. The van der Waals surface area contributed by atoms with Crippen molar-refractivity contribution < 1.29 is 4.79 Å². The van der Waals surface area contributed by atoms with Crippen molar-refractivity contribution in [1.82, 2.24) is 0 Å². The highest BCUT2D eigenvalue weighted by Crippen LogP contribution is 2.31. The summed E-state index contributed by atoms with van der Waals surface area (Å²) < 4.78 is 0. The summed E-state index contributed by atoms with van der Waals surface area (Å²) in [6.07, 6.45) is 4.09. The van der Waals surface area contributed by atoms with Gasteiger partial charge in [0.05, 0.1) is 5.57 Å². The fourth-order valence-corrected chi connectivity index (χ4v) is 0.984. The van der Waals surface area contributed by atoms with Crippen molar-refractivity contribution >= 4 is 5.78 Å². The molecule has 0 atom stereocenters. The van der Waals surface area contributed by atoms with Crippen LogP contribution in [0.4, 0.5) is 0 Å². The molecule has 0 saturated heterocycles. The van der Waals surface area contributed by atoms with E-state index in [0.29, 0.717) is 11.5 Å². The van der Waals surface area contributed by atoms with Gasteiger partial charge in [-0.25, -0.2) is 0 Å². The van der Waals surface area contributed by atoms with Crippen LogP contribution in [-0.2, 0) is 4.79 Å². The fraction of sp³-hybridized carbons (Fsp3) is 0.600. The van der Waals surface area contributed by atoms with Gasteiger partial charge in [-0.15, -0.1) is 0 Å². The Balaban J connectivity index is 2.68. The molecule has 0 aromatic rings.